The van der Waals surface area contributed by atoms with Gasteiger partial charge in [0.25, 0.3) is 0 Å². The molecule has 21 heavy (non-hydrogen) atoms. The van der Waals surface area contributed by atoms with Gasteiger partial charge in [-0.15, -0.1) is 11.6 Å². The van der Waals surface area contributed by atoms with E-state index in [9.17, 15) is 4.79 Å². The molecule has 0 atom stereocenters. The van der Waals surface area contributed by atoms with Crippen LogP contribution < -0.4 is 4.90 Å². The molecule has 0 N–H and O–H groups in total. The van der Waals surface area contributed by atoms with Gasteiger partial charge in [-0.25, -0.2) is 4.99 Å². The second-order valence-electron chi connectivity index (χ2n) is 4.76. The number of carbonyl (C=O) groups is 1. The van der Waals surface area contributed by atoms with Gasteiger partial charge in [0.05, 0.1) is 12.0 Å². The Balaban J connectivity index is 2.06. The van der Waals surface area contributed by atoms with Crippen molar-refractivity contribution in [2.24, 2.45) is 4.99 Å². The number of anilines is 1. The Morgan fingerprint density at radius 2 is 1.76 bits per heavy atom. The van der Waals surface area contributed by atoms with Crippen LogP contribution in [0.4, 0.5) is 11.4 Å². The van der Waals surface area contributed by atoms with Crippen LogP contribution in [0.2, 0.25) is 0 Å². The molecule has 0 unspecified atom stereocenters. The molecule has 0 amide bonds. The lowest BCUT2D eigenvalue weighted by molar-refractivity contribution is 0.101. The molecule has 0 aliphatic rings. The average molecular weight is 301 g/mol. The number of aliphatic imine (C=N–C) groups is 1. The van der Waals surface area contributed by atoms with E-state index in [0.29, 0.717) is 11.4 Å². The molecule has 3 nitrogen and oxygen atoms in total. The first-order valence-electron chi connectivity index (χ1n) is 6.63. The number of halogens is 1. The summed E-state index contributed by atoms with van der Waals surface area (Å²) in [6, 6.07) is 15.2. The van der Waals surface area contributed by atoms with Gasteiger partial charge in [0.1, 0.15) is 0 Å². The normalized spacial score (nSPS) is 10.8. The number of nitrogens with zero attached hydrogens (tertiary/aromatic N) is 2. The van der Waals surface area contributed by atoms with E-state index in [4.69, 9.17) is 11.6 Å². The number of rotatable bonds is 5. The first-order chi connectivity index (χ1) is 10.1. The number of alkyl halides is 1. The summed E-state index contributed by atoms with van der Waals surface area (Å²) >= 11 is 5.77. The van der Waals surface area contributed by atoms with E-state index in [1.165, 1.54) is 0 Å². The van der Waals surface area contributed by atoms with Crippen molar-refractivity contribution in [1.29, 1.82) is 0 Å². The standard InChI is InChI=1S/C17H17ClN2O/c1-13(21)15-5-7-16(8-6-15)19-12-20(2)17-9-3-14(11-18)4-10-17/h3-10,12H,11H2,1-2H3. The van der Waals surface area contributed by atoms with Crippen molar-refractivity contribution in [2.45, 2.75) is 12.8 Å². The molecule has 0 aromatic heterocycles. The Morgan fingerprint density at radius 3 is 2.29 bits per heavy atom. The van der Waals surface area contributed by atoms with E-state index in [-0.39, 0.29) is 5.78 Å². The zero-order valence-corrected chi connectivity index (χ0v) is 12.8. The van der Waals surface area contributed by atoms with E-state index in [2.05, 4.69) is 4.99 Å². The zero-order valence-electron chi connectivity index (χ0n) is 12.1. The average Bonchev–Trinajstić information content (AvgIpc) is 2.53. The van der Waals surface area contributed by atoms with Crippen LogP contribution in [0.5, 0.6) is 0 Å². The number of hydrogen-bond acceptors (Lipinski definition) is 2. The van der Waals surface area contributed by atoms with Crippen molar-refractivity contribution in [3.8, 4) is 0 Å². The van der Waals surface area contributed by atoms with Gasteiger partial charge < -0.3 is 4.90 Å². The second-order valence-corrected chi connectivity index (χ2v) is 5.03. The maximum Gasteiger partial charge on any atom is 0.159 e. The summed E-state index contributed by atoms with van der Waals surface area (Å²) in [6.07, 6.45) is 1.75. The van der Waals surface area contributed by atoms with Gasteiger partial charge in [0, 0.05) is 24.2 Å². The van der Waals surface area contributed by atoms with Gasteiger partial charge in [-0.05, 0) is 48.9 Å². The third-order valence-corrected chi connectivity index (χ3v) is 3.46. The zero-order chi connectivity index (χ0) is 15.2. The van der Waals surface area contributed by atoms with Crippen LogP contribution in [-0.2, 0) is 5.88 Å². The fourth-order valence-corrected chi connectivity index (χ4v) is 2.00. The molecular formula is C17H17ClN2O. The smallest absolute Gasteiger partial charge is 0.159 e. The SMILES string of the molecule is CC(=O)c1ccc(N=CN(C)c2ccc(CCl)cc2)cc1. The predicted octanol–water partition coefficient (Wildman–Crippen LogP) is 4.42. The van der Waals surface area contributed by atoms with E-state index in [1.54, 1.807) is 25.4 Å². The van der Waals surface area contributed by atoms with E-state index in [1.807, 2.05) is 48.3 Å². The lowest BCUT2D eigenvalue weighted by Gasteiger charge is -2.13. The topological polar surface area (TPSA) is 32.7 Å². The third-order valence-electron chi connectivity index (χ3n) is 3.15. The fourth-order valence-electron chi connectivity index (χ4n) is 1.82. The van der Waals surface area contributed by atoms with Crippen LogP contribution in [-0.4, -0.2) is 19.2 Å². The molecule has 0 heterocycles. The third kappa shape index (κ3) is 4.17. The first-order valence-corrected chi connectivity index (χ1v) is 7.16. The molecule has 0 aliphatic heterocycles. The fraction of sp³-hybridized carbons (Fsp3) is 0.176. The van der Waals surface area contributed by atoms with Crippen molar-refractivity contribution in [3.05, 3.63) is 59.7 Å². The minimum Gasteiger partial charge on any atom is -0.336 e. The quantitative estimate of drug-likeness (QED) is 0.354. The monoisotopic (exact) mass is 300 g/mol. The van der Waals surface area contributed by atoms with E-state index < -0.39 is 0 Å². The van der Waals surface area contributed by atoms with Crippen LogP contribution in [0.1, 0.15) is 22.8 Å². The van der Waals surface area contributed by atoms with Crippen molar-refractivity contribution >= 4 is 35.1 Å². The number of hydrogen-bond donors (Lipinski definition) is 0. The van der Waals surface area contributed by atoms with E-state index >= 15 is 0 Å². The van der Waals surface area contributed by atoms with Gasteiger partial charge >= 0.3 is 0 Å². The summed E-state index contributed by atoms with van der Waals surface area (Å²) in [5, 5.41) is 0. The predicted molar refractivity (Wildman–Crippen MR) is 89.0 cm³/mol. The largest absolute Gasteiger partial charge is 0.336 e. The Bertz CT molecular complexity index is 633. The summed E-state index contributed by atoms with van der Waals surface area (Å²) in [7, 11) is 1.93. The number of Topliss-reactive ketones (excluding diaryl/α,β-unsaturated/α-hetero) is 1. The van der Waals surface area contributed by atoms with E-state index in [0.717, 1.165) is 16.9 Å². The summed E-state index contributed by atoms with van der Waals surface area (Å²) in [5.41, 5.74) is 3.63. The minimum absolute atomic E-state index is 0.0574. The lowest BCUT2D eigenvalue weighted by atomic mass is 10.1. The maximum atomic E-state index is 11.2. The number of carbonyl (C=O) groups excluding carboxylic acids is 1. The highest BCUT2D eigenvalue weighted by atomic mass is 35.5. The highest BCUT2D eigenvalue weighted by molar-refractivity contribution is 6.17. The Hall–Kier alpha value is -2.13. The van der Waals surface area contributed by atoms with Crippen LogP contribution in [0.3, 0.4) is 0 Å². The van der Waals surface area contributed by atoms with Gasteiger partial charge in [0.2, 0.25) is 0 Å². The minimum atomic E-state index is 0.0574. The van der Waals surface area contributed by atoms with Gasteiger partial charge in [0.15, 0.2) is 5.78 Å². The molecular weight excluding hydrogens is 284 g/mol. The van der Waals surface area contributed by atoms with Crippen molar-refractivity contribution < 1.29 is 4.79 Å². The summed E-state index contributed by atoms with van der Waals surface area (Å²) < 4.78 is 0. The Labute approximate surface area is 129 Å². The maximum absolute atomic E-state index is 11.2. The van der Waals surface area contributed by atoms with Crippen molar-refractivity contribution in [3.63, 3.8) is 0 Å². The summed E-state index contributed by atoms with van der Waals surface area (Å²) in [6.45, 7) is 1.55. The van der Waals surface area contributed by atoms with Gasteiger partial charge in [-0.2, -0.15) is 0 Å². The number of benzene rings is 2. The molecule has 2 rings (SSSR count). The highest BCUT2D eigenvalue weighted by Gasteiger charge is 1.99. The molecule has 0 saturated heterocycles. The molecule has 4 heteroatoms. The van der Waals surface area contributed by atoms with Crippen LogP contribution >= 0.6 is 11.6 Å². The molecule has 0 bridgehead atoms. The van der Waals surface area contributed by atoms with Gasteiger partial charge in [-0.1, -0.05) is 12.1 Å². The van der Waals surface area contributed by atoms with Crippen molar-refractivity contribution in [1.82, 2.24) is 0 Å². The molecule has 0 fully saturated rings. The molecule has 2 aromatic carbocycles. The molecule has 108 valence electrons. The highest BCUT2D eigenvalue weighted by Crippen LogP contribution is 2.16. The van der Waals surface area contributed by atoms with Crippen LogP contribution in [0.15, 0.2) is 53.5 Å². The lowest BCUT2D eigenvalue weighted by Crippen LogP contribution is -2.13. The number of ketones is 1. The van der Waals surface area contributed by atoms with Crippen molar-refractivity contribution in [2.75, 3.05) is 11.9 Å². The Kier molecular flexibility index (Phi) is 5.12. The van der Waals surface area contributed by atoms with Crippen LogP contribution in [0.25, 0.3) is 0 Å². The second kappa shape index (κ2) is 7.04. The molecule has 0 saturated carbocycles. The van der Waals surface area contributed by atoms with Gasteiger partial charge in [-0.3, -0.25) is 4.79 Å². The Morgan fingerprint density at radius 1 is 1.14 bits per heavy atom. The molecule has 2 aromatic rings. The first kappa shape index (κ1) is 15.3. The summed E-state index contributed by atoms with van der Waals surface area (Å²) in [5.74, 6) is 0.572. The van der Waals surface area contributed by atoms with Crippen LogP contribution in [0, 0.1) is 0 Å². The molecule has 0 spiro atoms. The molecule has 0 aliphatic carbocycles. The summed E-state index contributed by atoms with van der Waals surface area (Å²) in [4.78, 5) is 17.5. The molecule has 0 radical (unpaired) electrons.